The molecule has 1 rings (SSSR count). The van der Waals surface area contributed by atoms with Crippen molar-refractivity contribution in [1.29, 1.82) is 0 Å². The van der Waals surface area contributed by atoms with Gasteiger partial charge in [0, 0.05) is 18.7 Å². The lowest BCUT2D eigenvalue weighted by atomic mass is 10.2. The van der Waals surface area contributed by atoms with Crippen molar-refractivity contribution < 1.29 is 14.7 Å². The molecular formula is C9H16N2O3S. The molecule has 0 saturated carbocycles. The topological polar surface area (TPSA) is 83.6 Å². The molecule has 0 bridgehead atoms. The van der Waals surface area contributed by atoms with E-state index in [-0.39, 0.29) is 24.2 Å². The molecule has 2 atom stereocenters. The number of carboxylic acids is 1. The Balaban J connectivity index is 2.76. The fourth-order valence-electron chi connectivity index (χ4n) is 1.66. The fraction of sp³-hybridized carbons (Fsp3) is 0.778. The molecule has 0 aromatic rings. The first-order valence-electron chi connectivity index (χ1n) is 4.97. The van der Waals surface area contributed by atoms with Crippen LogP contribution in [0, 0.1) is 0 Å². The SMILES string of the molecule is CCC1SCC(C(=O)O)N1C(=O)CCN. The van der Waals surface area contributed by atoms with E-state index in [1.54, 1.807) is 0 Å². The molecule has 0 aliphatic carbocycles. The summed E-state index contributed by atoms with van der Waals surface area (Å²) in [6.07, 6.45) is 0.992. The predicted octanol–water partition coefficient (Wildman–Crippen LogP) is 0.0999. The number of thioether (sulfide) groups is 1. The van der Waals surface area contributed by atoms with Gasteiger partial charge >= 0.3 is 5.97 Å². The van der Waals surface area contributed by atoms with Crippen LogP contribution >= 0.6 is 11.8 Å². The van der Waals surface area contributed by atoms with Crippen LogP contribution < -0.4 is 5.73 Å². The Hall–Kier alpha value is -0.750. The molecule has 5 nitrogen and oxygen atoms in total. The summed E-state index contributed by atoms with van der Waals surface area (Å²) in [6, 6.07) is -0.681. The van der Waals surface area contributed by atoms with E-state index in [0.717, 1.165) is 6.42 Å². The molecule has 2 unspecified atom stereocenters. The lowest BCUT2D eigenvalue weighted by molar-refractivity contribution is -0.149. The van der Waals surface area contributed by atoms with Gasteiger partial charge in [-0.3, -0.25) is 4.79 Å². The van der Waals surface area contributed by atoms with Gasteiger partial charge in [-0.2, -0.15) is 0 Å². The van der Waals surface area contributed by atoms with Crippen molar-refractivity contribution in [3.05, 3.63) is 0 Å². The first-order chi connectivity index (χ1) is 7.11. The molecule has 1 heterocycles. The number of carbonyl (C=O) groups is 2. The van der Waals surface area contributed by atoms with Crippen molar-refractivity contribution in [2.45, 2.75) is 31.2 Å². The summed E-state index contributed by atoms with van der Waals surface area (Å²) in [5.41, 5.74) is 5.30. The van der Waals surface area contributed by atoms with Crippen LogP contribution in [0.2, 0.25) is 0 Å². The van der Waals surface area contributed by atoms with E-state index in [0.29, 0.717) is 5.75 Å². The summed E-state index contributed by atoms with van der Waals surface area (Å²) in [6.45, 7) is 2.22. The summed E-state index contributed by atoms with van der Waals surface area (Å²) in [7, 11) is 0. The summed E-state index contributed by atoms with van der Waals surface area (Å²) < 4.78 is 0. The fourth-order valence-corrected chi connectivity index (χ4v) is 3.02. The third kappa shape index (κ3) is 2.63. The Bertz CT molecular complexity index is 260. The monoisotopic (exact) mass is 232 g/mol. The highest BCUT2D eigenvalue weighted by molar-refractivity contribution is 8.00. The zero-order valence-electron chi connectivity index (χ0n) is 8.68. The molecule has 0 aromatic heterocycles. The second kappa shape index (κ2) is 5.37. The maximum absolute atomic E-state index is 11.7. The predicted molar refractivity (Wildman–Crippen MR) is 58.5 cm³/mol. The number of amides is 1. The number of hydrogen-bond donors (Lipinski definition) is 2. The van der Waals surface area contributed by atoms with Crippen LogP contribution in [0.25, 0.3) is 0 Å². The van der Waals surface area contributed by atoms with Crippen molar-refractivity contribution in [2.75, 3.05) is 12.3 Å². The van der Waals surface area contributed by atoms with Gasteiger partial charge in [0.15, 0.2) is 0 Å². The molecule has 0 aromatic carbocycles. The van der Waals surface area contributed by atoms with Gasteiger partial charge in [-0.1, -0.05) is 6.92 Å². The summed E-state index contributed by atoms with van der Waals surface area (Å²) in [5, 5.41) is 8.97. The molecule has 15 heavy (non-hydrogen) atoms. The zero-order chi connectivity index (χ0) is 11.4. The van der Waals surface area contributed by atoms with Gasteiger partial charge in [-0.15, -0.1) is 11.8 Å². The number of hydrogen-bond acceptors (Lipinski definition) is 4. The highest BCUT2D eigenvalue weighted by atomic mass is 32.2. The summed E-state index contributed by atoms with van der Waals surface area (Å²) in [5.74, 6) is -0.602. The van der Waals surface area contributed by atoms with E-state index in [2.05, 4.69) is 0 Å². The van der Waals surface area contributed by atoms with E-state index in [9.17, 15) is 9.59 Å². The first-order valence-corrected chi connectivity index (χ1v) is 6.02. The molecule has 0 spiro atoms. The third-order valence-corrected chi connectivity index (χ3v) is 3.83. The van der Waals surface area contributed by atoms with Crippen molar-refractivity contribution in [3.63, 3.8) is 0 Å². The van der Waals surface area contributed by atoms with Crippen LogP contribution in [-0.2, 0) is 9.59 Å². The van der Waals surface area contributed by atoms with Crippen LogP contribution in [0.15, 0.2) is 0 Å². The van der Waals surface area contributed by atoms with E-state index >= 15 is 0 Å². The second-order valence-electron chi connectivity index (χ2n) is 3.39. The van der Waals surface area contributed by atoms with Crippen LogP contribution in [-0.4, -0.2) is 45.6 Å². The van der Waals surface area contributed by atoms with Gasteiger partial charge in [0.1, 0.15) is 6.04 Å². The van der Waals surface area contributed by atoms with E-state index in [1.165, 1.54) is 16.7 Å². The first kappa shape index (κ1) is 12.3. The number of nitrogens with two attached hydrogens (primary N) is 1. The van der Waals surface area contributed by atoms with Gasteiger partial charge < -0.3 is 15.7 Å². The molecule has 1 aliphatic rings. The Labute approximate surface area is 93.0 Å². The minimum Gasteiger partial charge on any atom is -0.480 e. The van der Waals surface area contributed by atoms with Crippen molar-refractivity contribution in [3.8, 4) is 0 Å². The zero-order valence-corrected chi connectivity index (χ0v) is 9.50. The highest BCUT2D eigenvalue weighted by Gasteiger charge is 2.40. The maximum Gasteiger partial charge on any atom is 0.327 e. The Morgan fingerprint density at radius 3 is 2.73 bits per heavy atom. The molecule has 0 radical (unpaired) electrons. The molecule has 1 aliphatic heterocycles. The van der Waals surface area contributed by atoms with Crippen LogP contribution in [0.3, 0.4) is 0 Å². The van der Waals surface area contributed by atoms with Crippen LogP contribution in [0.1, 0.15) is 19.8 Å². The highest BCUT2D eigenvalue weighted by Crippen LogP contribution is 2.31. The molecule has 3 N–H and O–H groups in total. The average Bonchev–Trinajstić information content (AvgIpc) is 2.61. The number of aliphatic carboxylic acids is 1. The number of carboxylic acid groups (broad SMARTS) is 1. The minimum absolute atomic E-state index is 0.00912. The Morgan fingerprint density at radius 2 is 2.27 bits per heavy atom. The molecule has 86 valence electrons. The molecule has 1 amide bonds. The van der Waals surface area contributed by atoms with Gasteiger partial charge in [0.05, 0.1) is 5.37 Å². The van der Waals surface area contributed by atoms with Crippen molar-refractivity contribution >= 4 is 23.6 Å². The average molecular weight is 232 g/mol. The molecular weight excluding hydrogens is 216 g/mol. The van der Waals surface area contributed by atoms with Crippen molar-refractivity contribution in [1.82, 2.24) is 4.90 Å². The number of nitrogens with zero attached hydrogens (tertiary/aromatic N) is 1. The van der Waals surface area contributed by atoms with Gasteiger partial charge in [-0.25, -0.2) is 4.79 Å². The maximum atomic E-state index is 11.7. The quantitative estimate of drug-likeness (QED) is 0.718. The Morgan fingerprint density at radius 1 is 1.60 bits per heavy atom. The van der Waals surface area contributed by atoms with E-state index < -0.39 is 12.0 Å². The minimum atomic E-state index is -0.927. The number of rotatable bonds is 4. The third-order valence-electron chi connectivity index (χ3n) is 2.37. The lowest BCUT2D eigenvalue weighted by Gasteiger charge is -2.26. The lowest BCUT2D eigenvalue weighted by Crippen LogP contribution is -2.45. The van der Waals surface area contributed by atoms with E-state index in [1.807, 2.05) is 6.92 Å². The van der Waals surface area contributed by atoms with Crippen LogP contribution in [0.5, 0.6) is 0 Å². The van der Waals surface area contributed by atoms with E-state index in [4.69, 9.17) is 10.8 Å². The molecule has 1 fully saturated rings. The summed E-state index contributed by atoms with van der Waals surface area (Å²) in [4.78, 5) is 24.1. The summed E-state index contributed by atoms with van der Waals surface area (Å²) >= 11 is 1.52. The van der Waals surface area contributed by atoms with Gasteiger partial charge in [-0.05, 0) is 6.42 Å². The van der Waals surface area contributed by atoms with Gasteiger partial charge in [0.2, 0.25) is 5.91 Å². The molecule has 1 saturated heterocycles. The van der Waals surface area contributed by atoms with Crippen LogP contribution in [0.4, 0.5) is 0 Å². The number of carbonyl (C=O) groups excluding carboxylic acids is 1. The van der Waals surface area contributed by atoms with Gasteiger partial charge in [0.25, 0.3) is 0 Å². The Kier molecular flexibility index (Phi) is 4.41. The smallest absolute Gasteiger partial charge is 0.327 e. The van der Waals surface area contributed by atoms with Crippen molar-refractivity contribution in [2.24, 2.45) is 5.73 Å². The standard InChI is InChI=1S/C9H16N2O3S/c1-2-8-11(7(12)3-4-10)6(5-15-8)9(13)14/h6,8H,2-5,10H2,1H3,(H,13,14). The largest absolute Gasteiger partial charge is 0.480 e. The second-order valence-corrected chi connectivity index (χ2v) is 4.60. The normalized spacial score (nSPS) is 25.6. The molecule has 6 heteroatoms.